The average molecular weight is 551 g/mol. The van der Waals surface area contributed by atoms with Crippen LogP contribution in [0.1, 0.15) is 27.7 Å². The number of hydrogen-bond donors (Lipinski definition) is 3. The van der Waals surface area contributed by atoms with Crippen LogP contribution in [0.2, 0.25) is 0 Å². The molecule has 1 aromatic heterocycles. The number of amides is 1. The Hall–Kier alpha value is -3.99. The van der Waals surface area contributed by atoms with Crippen molar-refractivity contribution >= 4 is 16.8 Å². The minimum absolute atomic E-state index is 0.0376. The zero-order valence-corrected chi connectivity index (χ0v) is 21.9. The number of benzene rings is 3. The van der Waals surface area contributed by atoms with Crippen LogP contribution in [0, 0.1) is 0 Å². The Morgan fingerprint density at radius 2 is 1.65 bits per heavy atom. The van der Waals surface area contributed by atoms with Crippen LogP contribution in [-0.2, 0) is 0 Å². The van der Waals surface area contributed by atoms with E-state index < -0.39 is 18.6 Å². The molecule has 10 heteroatoms. The van der Waals surface area contributed by atoms with Crippen molar-refractivity contribution in [3.05, 3.63) is 95.7 Å². The van der Waals surface area contributed by atoms with Crippen molar-refractivity contribution in [2.24, 2.45) is 5.73 Å². The highest BCUT2D eigenvalue weighted by molar-refractivity contribution is 5.98. The predicted octanol–water partition coefficient (Wildman–Crippen LogP) is 4.02. The maximum absolute atomic E-state index is 12.6. The third-order valence-corrected chi connectivity index (χ3v) is 7.10. The average Bonchev–Trinajstić information content (AvgIpc) is 3.40. The van der Waals surface area contributed by atoms with Crippen LogP contribution in [0.3, 0.4) is 0 Å². The topological polar surface area (TPSA) is 104 Å². The molecule has 3 aromatic carbocycles. The highest BCUT2D eigenvalue weighted by Crippen LogP contribution is 2.31. The number of H-pyrrole nitrogens is 1. The number of β-amino-alcohol motifs (C(OH)–C–C–N with tert-alkyl or cyclic N) is 1. The first-order valence-electron chi connectivity index (χ1n) is 13.2. The highest BCUT2D eigenvalue weighted by Gasteiger charge is 2.27. The van der Waals surface area contributed by atoms with Crippen LogP contribution in [0.4, 0.5) is 8.78 Å². The first kappa shape index (κ1) is 27.6. The van der Waals surface area contributed by atoms with E-state index in [2.05, 4.69) is 31.7 Å². The van der Waals surface area contributed by atoms with Gasteiger partial charge in [-0.1, -0.05) is 48.5 Å². The molecule has 1 amide bonds. The van der Waals surface area contributed by atoms with Crippen LogP contribution in [0.25, 0.3) is 10.9 Å². The molecule has 8 nitrogen and oxygen atoms in total. The van der Waals surface area contributed by atoms with Gasteiger partial charge in [0.2, 0.25) is 0 Å². The molecule has 2 unspecified atom stereocenters. The molecule has 4 N–H and O–H groups in total. The molecule has 1 aliphatic rings. The van der Waals surface area contributed by atoms with Crippen molar-refractivity contribution < 1.29 is 28.2 Å². The second-order valence-electron chi connectivity index (χ2n) is 9.83. The van der Waals surface area contributed by atoms with E-state index in [9.17, 15) is 18.7 Å². The van der Waals surface area contributed by atoms with Gasteiger partial charge in [-0.15, -0.1) is 0 Å². The van der Waals surface area contributed by atoms with Gasteiger partial charge >= 0.3 is 6.61 Å². The number of aliphatic hydroxyl groups is 1. The van der Waals surface area contributed by atoms with Gasteiger partial charge in [0.15, 0.2) is 0 Å². The summed E-state index contributed by atoms with van der Waals surface area (Å²) in [7, 11) is 0. The molecule has 2 heterocycles. The summed E-state index contributed by atoms with van der Waals surface area (Å²) in [5.74, 6) is 0.155. The lowest BCUT2D eigenvalue weighted by molar-refractivity contribution is -0.0498. The number of piperazine rings is 1. The lowest BCUT2D eigenvalue weighted by atomic mass is 9.96. The number of nitrogens with two attached hydrogens (primary N) is 1. The fraction of sp³-hybridized carbons (Fsp3) is 0.300. The fourth-order valence-electron chi connectivity index (χ4n) is 5.21. The normalized spacial score (nSPS) is 16.2. The summed E-state index contributed by atoms with van der Waals surface area (Å²) in [6, 6.07) is 24.0. The molecule has 4 aromatic rings. The van der Waals surface area contributed by atoms with Gasteiger partial charge in [-0.05, 0) is 41.5 Å². The molecule has 0 saturated carbocycles. The largest absolute Gasteiger partial charge is 0.490 e. The molecule has 1 saturated heterocycles. The molecule has 0 bridgehead atoms. The quantitative estimate of drug-likeness (QED) is 0.261. The van der Waals surface area contributed by atoms with E-state index >= 15 is 0 Å². The van der Waals surface area contributed by atoms with E-state index in [-0.39, 0.29) is 18.4 Å². The number of primary amides is 1. The van der Waals surface area contributed by atoms with Gasteiger partial charge in [0.25, 0.3) is 5.91 Å². The molecular weight excluding hydrogens is 518 g/mol. The summed E-state index contributed by atoms with van der Waals surface area (Å²) in [4.78, 5) is 19.0. The van der Waals surface area contributed by atoms with E-state index in [1.165, 1.54) is 0 Å². The number of fused-ring (bicyclic) bond motifs is 1. The van der Waals surface area contributed by atoms with E-state index in [0.717, 1.165) is 48.2 Å². The van der Waals surface area contributed by atoms with E-state index in [4.69, 9.17) is 10.5 Å². The van der Waals surface area contributed by atoms with E-state index in [0.29, 0.717) is 18.0 Å². The predicted molar refractivity (Wildman–Crippen MR) is 148 cm³/mol. The monoisotopic (exact) mass is 550 g/mol. The second kappa shape index (κ2) is 12.5. The van der Waals surface area contributed by atoms with Gasteiger partial charge < -0.3 is 25.3 Å². The Bertz CT molecular complexity index is 1410. The molecular formula is C30H32F2N4O4. The smallest absolute Gasteiger partial charge is 0.387 e. The van der Waals surface area contributed by atoms with E-state index in [1.807, 2.05) is 42.5 Å². The molecule has 5 rings (SSSR count). The number of aliphatic hydroxyl groups excluding tert-OH is 1. The van der Waals surface area contributed by atoms with Crippen LogP contribution < -0.4 is 15.2 Å². The van der Waals surface area contributed by atoms with Gasteiger partial charge in [-0.3, -0.25) is 14.6 Å². The number of hydrogen-bond acceptors (Lipinski definition) is 6. The summed E-state index contributed by atoms with van der Waals surface area (Å²) >= 11 is 0. The Morgan fingerprint density at radius 3 is 2.33 bits per heavy atom. The van der Waals surface area contributed by atoms with E-state index in [1.54, 1.807) is 24.3 Å². The number of nitrogens with one attached hydrogen (secondary N) is 1. The number of aromatic nitrogens is 1. The van der Waals surface area contributed by atoms with Crippen molar-refractivity contribution in [1.29, 1.82) is 0 Å². The number of rotatable bonds is 11. The van der Waals surface area contributed by atoms with Crippen molar-refractivity contribution in [2.45, 2.75) is 18.8 Å². The highest BCUT2D eigenvalue weighted by atomic mass is 19.3. The number of carbonyl (C=O) groups is 1. The zero-order valence-electron chi connectivity index (χ0n) is 21.9. The summed E-state index contributed by atoms with van der Waals surface area (Å²) in [6.07, 6.45) is -0.705. The number of carbonyl (C=O) groups excluding carboxylic acids is 1. The first-order valence-corrected chi connectivity index (χ1v) is 13.2. The Balaban J connectivity index is 1.19. The SMILES string of the molecule is NC(=O)c1cc2c(OCC(O)CN3CCN(C(c4ccccc4)c4ccc(OC(F)F)cc4)CC3)cccc2[nH]1. The Labute approximate surface area is 230 Å². The molecule has 0 spiro atoms. The number of nitrogens with zero attached hydrogens (tertiary/aromatic N) is 2. The number of aromatic amines is 1. The van der Waals surface area contributed by atoms with Crippen LogP contribution in [-0.4, -0.2) is 77.8 Å². The molecule has 1 fully saturated rings. The van der Waals surface area contributed by atoms with Crippen molar-refractivity contribution in [2.75, 3.05) is 39.3 Å². The molecule has 1 aliphatic heterocycles. The number of ether oxygens (including phenoxy) is 2. The molecule has 210 valence electrons. The van der Waals surface area contributed by atoms with Gasteiger partial charge in [-0.25, -0.2) is 0 Å². The molecule has 0 aliphatic carbocycles. The van der Waals surface area contributed by atoms with Crippen molar-refractivity contribution in [3.63, 3.8) is 0 Å². The minimum Gasteiger partial charge on any atom is -0.490 e. The summed E-state index contributed by atoms with van der Waals surface area (Å²) < 4.78 is 35.6. The van der Waals surface area contributed by atoms with Crippen LogP contribution in [0.15, 0.2) is 78.9 Å². The molecule has 0 radical (unpaired) electrons. The van der Waals surface area contributed by atoms with Gasteiger partial charge in [0.05, 0.1) is 6.04 Å². The maximum Gasteiger partial charge on any atom is 0.387 e. The Morgan fingerprint density at radius 1 is 0.950 bits per heavy atom. The third-order valence-electron chi connectivity index (χ3n) is 7.10. The number of halogens is 2. The maximum atomic E-state index is 12.6. The molecule has 40 heavy (non-hydrogen) atoms. The zero-order chi connectivity index (χ0) is 28.1. The lowest BCUT2D eigenvalue weighted by Gasteiger charge is -2.40. The minimum atomic E-state index is -2.86. The third kappa shape index (κ3) is 6.59. The first-order chi connectivity index (χ1) is 19.4. The van der Waals surface area contributed by atoms with Gasteiger partial charge in [0.1, 0.15) is 29.9 Å². The Kier molecular flexibility index (Phi) is 8.59. The van der Waals surface area contributed by atoms with Gasteiger partial charge in [-0.2, -0.15) is 8.78 Å². The summed E-state index contributed by atoms with van der Waals surface area (Å²) in [5.41, 5.74) is 8.53. The number of alkyl halides is 2. The fourth-order valence-corrected chi connectivity index (χ4v) is 5.21. The summed E-state index contributed by atoms with van der Waals surface area (Å²) in [6.45, 7) is 0.739. The van der Waals surface area contributed by atoms with Crippen LogP contribution in [0.5, 0.6) is 11.5 Å². The standard InChI is InChI=1S/C30H32F2N4O4/c31-30(32)40-23-11-9-21(10-12-23)28(20-5-2-1-3-6-20)36-15-13-35(14-16-36)18-22(37)19-39-27-8-4-7-25-24(27)17-26(34-25)29(33)38/h1-12,17,22,28,30,34,37H,13-16,18-19H2,(H2,33,38). The lowest BCUT2D eigenvalue weighted by Crippen LogP contribution is -2.50. The second-order valence-corrected chi connectivity index (χ2v) is 9.83. The van der Waals surface area contributed by atoms with Crippen molar-refractivity contribution in [1.82, 2.24) is 14.8 Å². The van der Waals surface area contributed by atoms with Crippen molar-refractivity contribution in [3.8, 4) is 11.5 Å². The van der Waals surface area contributed by atoms with Gasteiger partial charge in [0, 0.05) is 43.6 Å². The van der Waals surface area contributed by atoms with Crippen LogP contribution >= 0.6 is 0 Å². The molecule has 2 atom stereocenters. The summed E-state index contributed by atoms with van der Waals surface area (Å²) in [5, 5.41) is 11.5.